The van der Waals surface area contributed by atoms with E-state index in [4.69, 9.17) is 14.6 Å². The summed E-state index contributed by atoms with van der Waals surface area (Å²) in [5, 5.41) is 11.1. The fourth-order valence-electron chi connectivity index (χ4n) is 1.82. The summed E-state index contributed by atoms with van der Waals surface area (Å²) < 4.78 is 10.4. The molecule has 0 unspecified atom stereocenters. The van der Waals surface area contributed by atoms with E-state index in [1.807, 2.05) is 0 Å². The van der Waals surface area contributed by atoms with Crippen molar-refractivity contribution in [1.82, 2.24) is 5.32 Å². The quantitative estimate of drug-likeness (QED) is 0.497. The summed E-state index contributed by atoms with van der Waals surface area (Å²) in [5.74, 6) is -1.25. The average molecular weight is 331 g/mol. The normalized spacial score (nSPS) is 11.7. The van der Waals surface area contributed by atoms with Gasteiger partial charge in [0.1, 0.15) is 11.2 Å². The van der Waals surface area contributed by atoms with Crippen LogP contribution in [0.25, 0.3) is 0 Å². The van der Waals surface area contributed by atoms with E-state index in [0.29, 0.717) is 25.8 Å². The lowest BCUT2D eigenvalue weighted by molar-refractivity contribution is -0.159. The largest absolute Gasteiger partial charge is 0.481 e. The minimum Gasteiger partial charge on any atom is -0.481 e. The summed E-state index contributed by atoms with van der Waals surface area (Å²) in [4.78, 5) is 33.8. The molecular weight excluding hydrogens is 302 g/mol. The molecule has 0 fully saturated rings. The van der Waals surface area contributed by atoms with Crippen molar-refractivity contribution in [2.45, 2.75) is 77.9 Å². The lowest BCUT2D eigenvalue weighted by Gasteiger charge is -2.26. The molecule has 0 aliphatic heterocycles. The van der Waals surface area contributed by atoms with Crippen LogP contribution in [0.2, 0.25) is 0 Å². The monoisotopic (exact) mass is 331 g/mol. The summed E-state index contributed by atoms with van der Waals surface area (Å²) in [6.45, 7) is 9.01. The van der Waals surface area contributed by atoms with Crippen molar-refractivity contribution in [2.75, 3.05) is 6.54 Å². The zero-order valence-corrected chi connectivity index (χ0v) is 14.7. The molecule has 0 aromatic rings. The molecule has 0 radical (unpaired) electrons. The van der Waals surface area contributed by atoms with Crippen LogP contribution >= 0.6 is 0 Å². The summed E-state index contributed by atoms with van der Waals surface area (Å²) in [7, 11) is 0. The number of amides is 1. The van der Waals surface area contributed by atoms with Gasteiger partial charge in [0.15, 0.2) is 0 Å². The van der Waals surface area contributed by atoms with Crippen molar-refractivity contribution in [1.29, 1.82) is 0 Å². The number of esters is 1. The van der Waals surface area contributed by atoms with Crippen LogP contribution in [0.5, 0.6) is 0 Å². The Morgan fingerprint density at radius 1 is 0.957 bits per heavy atom. The van der Waals surface area contributed by atoms with Crippen LogP contribution in [0.1, 0.15) is 66.7 Å². The molecule has 0 saturated heterocycles. The highest BCUT2D eigenvalue weighted by molar-refractivity contribution is 5.73. The van der Waals surface area contributed by atoms with E-state index in [1.54, 1.807) is 34.6 Å². The van der Waals surface area contributed by atoms with Crippen LogP contribution in [-0.4, -0.2) is 40.9 Å². The maximum absolute atomic E-state index is 11.8. The fourth-order valence-corrected chi connectivity index (χ4v) is 1.82. The smallest absolute Gasteiger partial charge is 0.407 e. The number of rotatable bonds is 9. The second-order valence-corrected chi connectivity index (χ2v) is 7.04. The maximum Gasteiger partial charge on any atom is 0.407 e. The van der Waals surface area contributed by atoms with E-state index in [1.165, 1.54) is 0 Å². The van der Waals surface area contributed by atoms with Crippen LogP contribution in [-0.2, 0) is 19.1 Å². The molecule has 0 rings (SSSR count). The van der Waals surface area contributed by atoms with E-state index >= 15 is 0 Å². The van der Waals surface area contributed by atoms with E-state index in [2.05, 4.69) is 5.32 Å². The fraction of sp³-hybridized carbons (Fsp3) is 0.812. The molecule has 7 heteroatoms. The molecule has 134 valence electrons. The second kappa shape index (κ2) is 9.37. The highest BCUT2D eigenvalue weighted by Gasteiger charge is 2.29. The molecule has 0 heterocycles. The Balaban J connectivity index is 3.98. The second-order valence-electron chi connectivity index (χ2n) is 7.04. The minimum absolute atomic E-state index is 0.0314. The Morgan fingerprint density at radius 3 is 2.09 bits per heavy atom. The number of hydrogen-bond acceptors (Lipinski definition) is 5. The lowest BCUT2D eigenvalue weighted by Crippen LogP contribution is -2.38. The highest BCUT2D eigenvalue weighted by atomic mass is 16.6. The first-order chi connectivity index (χ1) is 10.4. The van der Waals surface area contributed by atoms with Gasteiger partial charge in [-0.25, -0.2) is 4.79 Å². The Labute approximate surface area is 137 Å². The van der Waals surface area contributed by atoms with Gasteiger partial charge in [-0.3, -0.25) is 9.59 Å². The molecule has 7 nitrogen and oxygen atoms in total. The lowest BCUT2D eigenvalue weighted by atomic mass is 10.1. The van der Waals surface area contributed by atoms with Gasteiger partial charge in [0.25, 0.3) is 0 Å². The molecular formula is C16H29NO6. The molecule has 0 bridgehead atoms. The third-order valence-corrected chi connectivity index (χ3v) is 2.70. The summed E-state index contributed by atoms with van der Waals surface area (Å²) in [6.07, 6.45) is 1.47. The van der Waals surface area contributed by atoms with Gasteiger partial charge in [-0.2, -0.15) is 0 Å². The highest BCUT2D eigenvalue weighted by Crippen LogP contribution is 2.18. The number of unbranched alkanes of at least 4 members (excludes halogenated alkanes) is 2. The van der Waals surface area contributed by atoms with Gasteiger partial charge in [-0.05, 0) is 47.5 Å². The number of hydrogen-bond donors (Lipinski definition) is 2. The van der Waals surface area contributed by atoms with Gasteiger partial charge in [0.2, 0.25) is 0 Å². The SMILES string of the molecule is CC(C)(C)OC(=O)CC(C)(C)OC(=O)NCCCCCC(=O)O. The number of carbonyl (C=O) groups is 3. The van der Waals surface area contributed by atoms with Crippen LogP contribution < -0.4 is 5.32 Å². The van der Waals surface area contributed by atoms with Gasteiger partial charge in [-0.15, -0.1) is 0 Å². The van der Waals surface area contributed by atoms with Crippen LogP contribution in [0.15, 0.2) is 0 Å². The zero-order chi connectivity index (χ0) is 18.1. The third-order valence-electron chi connectivity index (χ3n) is 2.70. The topological polar surface area (TPSA) is 102 Å². The van der Waals surface area contributed by atoms with Crippen LogP contribution in [0.3, 0.4) is 0 Å². The number of nitrogens with one attached hydrogen (secondary N) is 1. The number of alkyl carbamates (subject to hydrolysis) is 1. The molecule has 2 N–H and O–H groups in total. The van der Waals surface area contributed by atoms with Crippen molar-refractivity contribution in [3.8, 4) is 0 Å². The molecule has 23 heavy (non-hydrogen) atoms. The molecule has 0 aliphatic rings. The molecule has 0 aromatic heterocycles. The van der Waals surface area contributed by atoms with Crippen molar-refractivity contribution in [3.05, 3.63) is 0 Å². The number of carboxylic acid groups (broad SMARTS) is 1. The van der Waals surface area contributed by atoms with Crippen LogP contribution in [0, 0.1) is 0 Å². The predicted octanol–water partition coefficient (Wildman–Crippen LogP) is 2.87. The number of aliphatic carboxylic acids is 1. The van der Waals surface area contributed by atoms with Crippen molar-refractivity contribution in [3.63, 3.8) is 0 Å². The molecule has 0 aromatic carbocycles. The van der Waals surface area contributed by atoms with E-state index < -0.39 is 29.2 Å². The zero-order valence-electron chi connectivity index (χ0n) is 14.7. The molecule has 1 amide bonds. The Hall–Kier alpha value is -1.79. The number of carboxylic acids is 1. The van der Waals surface area contributed by atoms with E-state index in [-0.39, 0.29) is 12.8 Å². The Bertz CT molecular complexity index is 411. The first-order valence-electron chi connectivity index (χ1n) is 7.82. The molecule has 0 saturated carbocycles. The Kier molecular flexibility index (Phi) is 8.64. The number of ether oxygens (including phenoxy) is 2. The van der Waals surface area contributed by atoms with Crippen LogP contribution in [0.4, 0.5) is 4.79 Å². The van der Waals surface area contributed by atoms with Gasteiger partial charge in [0.05, 0.1) is 6.42 Å². The number of carbonyl (C=O) groups excluding carboxylic acids is 2. The van der Waals surface area contributed by atoms with Crippen molar-refractivity contribution < 1.29 is 29.0 Å². The van der Waals surface area contributed by atoms with E-state index in [0.717, 1.165) is 0 Å². The van der Waals surface area contributed by atoms with E-state index in [9.17, 15) is 14.4 Å². The van der Waals surface area contributed by atoms with Gasteiger partial charge in [-0.1, -0.05) is 6.42 Å². The molecule has 0 spiro atoms. The average Bonchev–Trinajstić information content (AvgIpc) is 2.28. The first kappa shape index (κ1) is 21.2. The third kappa shape index (κ3) is 13.6. The summed E-state index contributed by atoms with van der Waals surface area (Å²) >= 11 is 0. The van der Waals surface area contributed by atoms with Gasteiger partial charge in [0, 0.05) is 13.0 Å². The van der Waals surface area contributed by atoms with Gasteiger partial charge >= 0.3 is 18.0 Å². The minimum atomic E-state index is -0.963. The van der Waals surface area contributed by atoms with Crippen molar-refractivity contribution >= 4 is 18.0 Å². The molecule has 0 atom stereocenters. The standard InChI is InChI=1S/C16H29NO6/c1-15(2,3)22-13(20)11-16(4,5)23-14(21)17-10-8-6-7-9-12(18)19/h6-11H2,1-5H3,(H,17,21)(H,18,19). The maximum atomic E-state index is 11.8. The first-order valence-corrected chi connectivity index (χ1v) is 7.82. The summed E-state index contributed by atoms with van der Waals surface area (Å²) in [6, 6.07) is 0. The predicted molar refractivity (Wildman–Crippen MR) is 85.1 cm³/mol. The van der Waals surface area contributed by atoms with Gasteiger partial charge < -0.3 is 19.9 Å². The Morgan fingerprint density at radius 2 is 1.57 bits per heavy atom. The summed E-state index contributed by atoms with van der Waals surface area (Å²) in [5.41, 5.74) is -1.54. The molecule has 0 aliphatic carbocycles. The van der Waals surface area contributed by atoms with Crippen molar-refractivity contribution in [2.24, 2.45) is 0 Å².